The van der Waals surface area contributed by atoms with Crippen LogP contribution in [0.15, 0.2) is 29.2 Å². The number of ether oxygens (including phenoxy) is 1. The van der Waals surface area contributed by atoms with Gasteiger partial charge < -0.3 is 9.64 Å². The summed E-state index contributed by atoms with van der Waals surface area (Å²) in [6.07, 6.45) is 0.146. The van der Waals surface area contributed by atoms with Gasteiger partial charge in [0, 0.05) is 37.2 Å². The highest BCUT2D eigenvalue weighted by molar-refractivity contribution is 7.89. The third kappa shape index (κ3) is 5.71. The standard InChI is InChI=1S/C21H29F3N2O4S/c1-15(2)26(17-6-3-4-7-17)20(27)16-10-12-25(13-11-16)31(28,29)19-9-5-8-18(14-19)30-21(22,23)24/h5,8-9,14-17H,3-4,6-7,10-13H2,1-2H3. The molecule has 10 heteroatoms. The molecule has 1 aliphatic heterocycles. The summed E-state index contributed by atoms with van der Waals surface area (Å²) in [7, 11) is -3.98. The summed E-state index contributed by atoms with van der Waals surface area (Å²) in [5, 5.41) is 0. The average Bonchev–Trinajstić information content (AvgIpc) is 3.21. The van der Waals surface area contributed by atoms with Crippen LogP contribution in [0.3, 0.4) is 0 Å². The Labute approximate surface area is 181 Å². The van der Waals surface area contributed by atoms with E-state index in [2.05, 4.69) is 4.74 Å². The number of alkyl halides is 3. The van der Waals surface area contributed by atoms with Gasteiger partial charge in [-0.15, -0.1) is 13.2 Å². The number of benzene rings is 1. The van der Waals surface area contributed by atoms with Crippen molar-refractivity contribution in [1.82, 2.24) is 9.21 Å². The second-order valence-corrected chi connectivity index (χ2v) is 10.4. The van der Waals surface area contributed by atoms with Crippen LogP contribution in [-0.2, 0) is 14.8 Å². The number of nitrogens with zero attached hydrogens (tertiary/aromatic N) is 2. The topological polar surface area (TPSA) is 66.9 Å². The lowest BCUT2D eigenvalue weighted by Crippen LogP contribution is -2.49. The summed E-state index contributed by atoms with van der Waals surface area (Å²) in [6.45, 7) is 4.32. The number of halogens is 3. The van der Waals surface area contributed by atoms with E-state index in [-0.39, 0.29) is 41.9 Å². The van der Waals surface area contributed by atoms with Crippen molar-refractivity contribution >= 4 is 15.9 Å². The fourth-order valence-corrected chi connectivity index (χ4v) is 6.08. The number of hydrogen-bond donors (Lipinski definition) is 0. The molecule has 0 unspecified atom stereocenters. The van der Waals surface area contributed by atoms with Crippen molar-refractivity contribution in [2.75, 3.05) is 13.1 Å². The van der Waals surface area contributed by atoms with Crippen LogP contribution < -0.4 is 4.74 Å². The first kappa shape index (κ1) is 23.8. The number of piperidine rings is 1. The Morgan fingerprint density at radius 3 is 2.29 bits per heavy atom. The van der Waals surface area contributed by atoms with E-state index in [0.29, 0.717) is 12.8 Å². The van der Waals surface area contributed by atoms with Crippen molar-refractivity contribution in [1.29, 1.82) is 0 Å². The summed E-state index contributed by atoms with van der Waals surface area (Å²) in [6, 6.07) is 4.74. The zero-order valence-electron chi connectivity index (χ0n) is 17.8. The van der Waals surface area contributed by atoms with Crippen LogP contribution in [0.1, 0.15) is 52.4 Å². The lowest BCUT2D eigenvalue weighted by molar-refractivity contribution is -0.274. The van der Waals surface area contributed by atoms with E-state index in [1.54, 1.807) is 0 Å². The predicted octanol–water partition coefficient (Wildman–Crippen LogP) is 4.17. The van der Waals surface area contributed by atoms with E-state index in [1.807, 2.05) is 18.7 Å². The lowest BCUT2D eigenvalue weighted by Gasteiger charge is -2.38. The van der Waals surface area contributed by atoms with E-state index in [4.69, 9.17) is 0 Å². The Morgan fingerprint density at radius 1 is 1.13 bits per heavy atom. The number of sulfonamides is 1. The molecule has 2 fully saturated rings. The van der Waals surface area contributed by atoms with E-state index in [9.17, 15) is 26.4 Å². The first-order chi connectivity index (χ1) is 14.5. The summed E-state index contributed by atoms with van der Waals surface area (Å²) >= 11 is 0. The molecule has 31 heavy (non-hydrogen) atoms. The van der Waals surface area contributed by atoms with Gasteiger partial charge in [-0.3, -0.25) is 4.79 Å². The Hall–Kier alpha value is -1.81. The molecule has 1 saturated carbocycles. The van der Waals surface area contributed by atoms with Crippen molar-refractivity contribution in [3.63, 3.8) is 0 Å². The maximum absolute atomic E-state index is 13.2. The van der Waals surface area contributed by atoms with Crippen LogP contribution in [-0.4, -0.2) is 55.1 Å². The van der Waals surface area contributed by atoms with Gasteiger partial charge >= 0.3 is 6.36 Å². The van der Waals surface area contributed by atoms with Crippen molar-refractivity contribution in [3.8, 4) is 5.75 Å². The van der Waals surface area contributed by atoms with Crippen LogP contribution in [0.4, 0.5) is 13.2 Å². The minimum absolute atomic E-state index is 0.0829. The van der Waals surface area contributed by atoms with Gasteiger partial charge in [0.1, 0.15) is 5.75 Å². The van der Waals surface area contributed by atoms with Crippen molar-refractivity contribution in [3.05, 3.63) is 24.3 Å². The normalized spacial score (nSPS) is 19.7. The molecule has 6 nitrogen and oxygen atoms in total. The molecule has 174 valence electrons. The van der Waals surface area contributed by atoms with Gasteiger partial charge in [-0.05, 0) is 51.7 Å². The van der Waals surface area contributed by atoms with Crippen LogP contribution in [0.5, 0.6) is 5.75 Å². The number of rotatable bonds is 6. The molecule has 0 aromatic heterocycles. The molecular formula is C21H29F3N2O4S. The van der Waals surface area contributed by atoms with Gasteiger partial charge in [-0.25, -0.2) is 8.42 Å². The maximum atomic E-state index is 13.2. The highest BCUT2D eigenvalue weighted by Gasteiger charge is 2.37. The van der Waals surface area contributed by atoms with Crippen molar-refractivity contribution in [2.45, 2.75) is 75.7 Å². The summed E-state index contributed by atoms with van der Waals surface area (Å²) in [5.41, 5.74) is 0. The fourth-order valence-electron chi connectivity index (χ4n) is 4.57. The van der Waals surface area contributed by atoms with E-state index < -0.39 is 22.1 Å². The largest absolute Gasteiger partial charge is 0.573 e. The Bertz CT molecular complexity index is 875. The summed E-state index contributed by atoms with van der Waals surface area (Å²) < 4.78 is 68.3. The molecule has 1 saturated heterocycles. The molecule has 3 rings (SSSR count). The molecule has 0 bridgehead atoms. The van der Waals surface area contributed by atoms with Gasteiger partial charge in [0.15, 0.2) is 0 Å². The molecule has 1 amide bonds. The minimum Gasteiger partial charge on any atom is -0.406 e. The molecule has 0 radical (unpaired) electrons. The predicted molar refractivity (Wildman–Crippen MR) is 109 cm³/mol. The monoisotopic (exact) mass is 462 g/mol. The van der Waals surface area contributed by atoms with Gasteiger partial charge in [0.05, 0.1) is 4.90 Å². The number of hydrogen-bond acceptors (Lipinski definition) is 4. The molecule has 0 N–H and O–H groups in total. The molecule has 2 aliphatic rings. The van der Waals surface area contributed by atoms with Crippen LogP contribution >= 0.6 is 0 Å². The minimum atomic E-state index is -4.90. The Balaban J connectivity index is 1.67. The fraction of sp³-hybridized carbons (Fsp3) is 0.667. The highest BCUT2D eigenvalue weighted by Crippen LogP contribution is 2.31. The number of carbonyl (C=O) groups excluding carboxylic acids is 1. The third-order valence-electron chi connectivity index (χ3n) is 6.01. The zero-order valence-corrected chi connectivity index (χ0v) is 18.6. The van der Waals surface area contributed by atoms with Crippen molar-refractivity contribution < 1.29 is 31.1 Å². The summed E-state index contributed by atoms with van der Waals surface area (Å²) in [4.78, 5) is 14.9. The summed E-state index contributed by atoms with van der Waals surface area (Å²) in [5.74, 6) is -0.739. The second-order valence-electron chi connectivity index (χ2n) is 8.48. The van der Waals surface area contributed by atoms with E-state index in [1.165, 1.54) is 16.4 Å². The lowest BCUT2D eigenvalue weighted by atomic mass is 9.95. The zero-order chi connectivity index (χ0) is 22.8. The van der Waals surface area contributed by atoms with Gasteiger partial charge in [0.2, 0.25) is 15.9 Å². The van der Waals surface area contributed by atoms with Gasteiger partial charge in [-0.2, -0.15) is 4.31 Å². The molecular weight excluding hydrogens is 433 g/mol. The smallest absolute Gasteiger partial charge is 0.406 e. The quantitative estimate of drug-likeness (QED) is 0.637. The Kier molecular flexibility index (Phi) is 7.20. The third-order valence-corrected chi connectivity index (χ3v) is 7.90. The van der Waals surface area contributed by atoms with E-state index >= 15 is 0 Å². The van der Waals surface area contributed by atoms with Gasteiger partial charge in [0.25, 0.3) is 0 Å². The molecule has 1 aliphatic carbocycles. The molecule has 0 spiro atoms. The maximum Gasteiger partial charge on any atom is 0.573 e. The SMILES string of the molecule is CC(C)N(C(=O)C1CCN(S(=O)(=O)c2cccc(OC(F)(F)F)c2)CC1)C1CCCC1. The molecule has 1 aromatic carbocycles. The first-order valence-electron chi connectivity index (χ1n) is 10.7. The van der Waals surface area contributed by atoms with Crippen molar-refractivity contribution in [2.24, 2.45) is 5.92 Å². The number of carbonyl (C=O) groups is 1. The Morgan fingerprint density at radius 2 is 1.74 bits per heavy atom. The van der Waals surface area contributed by atoms with Crippen LogP contribution in [0, 0.1) is 5.92 Å². The van der Waals surface area contributed by atoms with Crippen LogP contribution in [0.25, 0.3) is 0 Å². The molecule has 1 aromatic rings. The van der Waals surface area contributed by atoms with E-state index in [0.717, 1.165) is 37.8 Å². The first-order valence-corrected chi connectivity index (χ1v) is 12.1. The second kappa shape index (κ2) is 9.36. The number of amides is 1. The average molecular weight is 463 g/mol. The molecule has 0 atom stereocenters. The van der Waals surface area contributed by atoms with Crippen LogP contribution in [0.2, 0.25) is 0 Å². The van der Waals surface area contributed by atoms with Gasteiger partial charge in [-0.1, -0.05) is 18.9 Å². The highest BCUT2D eigenvalue weighted by atomic mass is 32.2. The molecule has 1 heterocycles.